The molecule has 0 saturated heterocycles. The minimum Gasteiger partial charge on any atom is -0.477 e. The lowest BCUT2D eigenvalue weighted by Gasteiger charge is -2.04. The number of methoxy groups -OCH3 is 1. The largest absolute Gasteiger partial charge is 0.477 e. The van der Waals surface area contributed by atoms with Crippen molar-refractivity contribution in [2.24, 2.45) is 0 Å². The molecule has 0 amide bonds. The predicted molar refractivity (Wildman–Crippen MR) is 56.8 cm³/mol. The molecule has 0 radical (unpaired) electrons. The van der Waals surface area contributed by atoms with E-state index in [1.54, 1.807) is 7.11 Å². The zero-order valence-corrected chi connectivity index (χ0v) is 9.19. The minimum absolute atomic E-state index is 0.561. The van der Waals surface area contributed by atoms with Gasteiger partial charge in [-0.15, -0.1) is 5.10 Å². The molecule has 0 fully saturated rings. The summed E-state index contributed by atoms with van der Waals surface area (Å²) in [6, 6.07) is 3.72. The van der Waals surface area contributed by atoms with E-state index in [0.29, 0.717) is 19.1 Å². The molecule has 0 saturated carbocycles. The third-order valence-electron chi connectivity index (χ3n) is 1.80. The summed E-state index contributed by atoms with van der Waals surface area (Å²) in [5.74, 6) is 0.561. The van der Waals surface area contributed by atoms with E-state index >= 15 is 0 Å². The van der Waals surface area contributed by atoms with Crippen LogP contribution in [0.5, 0.6) is 5.88 Å². The van der Waals surface area contributed by atoms with Gasteiger partial charge in [0.2, 0.25) is 5.88 Å². The van der Waals surface area contributed by atoms with Crippen LogP contribution < -0.4 is 10.1 Å². The molecule has 0 aliphatic rings. The van der Waals surface area contributed by atoms with Gasteiger partial charge in [0, 0.05) is 32.7 Å². The highest BCUT2D eigenvalue weighted by Crippen LogP contribution is 2.04. The van der Waals surface area contributed by atoms with E-state index in [9.17, 15) is 0 Å². The molecule has 1 aromatic rings. The molecule has 1 rings (SSSR count). The number of ether oxygens (including phenoxy) is 2. The van der Waals surface area contributed by atoms with Crippen LogP contribution in [0, 0.1) is 0 Å². The summed E-state index contributed by atoms with van der Waals surface area (Å²) in [4.78, 5) is 0. The quantitative estimate of drug-likeness (QED) is 0.670. The average molecular weight is 211 g/mol. The van der Waals surface area contributed by atoms with Gasteiger partial charge in [-0.25, -0.2) is 0 Å². The van der Waals surface area contributed by atoms with Crippen LogP contribution in [-0.2, 0) is 11.3 Å². The normalized spacial score (nSPS) is 10.3. The van der Waals surface area contributed by atoms with Gasteiger partial charge in [0.05, 0.1) is 12.3 Å². The lowest BCUT2D eigenvalue weighted by molar-refractivity contribution is 0.170. The zero-order chi connectivity index (χ0) is 10.9. The van der Waals surface area contributed by atoms with Crippen LogP contribution in [0.3, 0.4) is 0 Å². The summed E-state index contributed by atoms with van der Waals surface area (Å²) in [7, 11) is 3.54. The van der Waals surface area contributed by atoms with Crippen LogP contribution in [0.2, 0.25) is 0 Å². The Kier molecular flexibility index (Phi) is 5.65. The topological polar surface area (TPSA) is 56.3 Å². The Morgan fingerprint density at radius 3 is 2.73 bits per heavy atom. The summed E-state index contributed by atoms with van der Waals surface area (Å²) in [5.41, 5.74) is 0.904. The second kappa shape index (κ2) is 7.14. The average Bonchev–Trinajstić information content (AvgIpc) is 2.27. The molecule has 0 aromatic carbocycles. The predicted octanol–water partition coefficient (Wildman–Crippen LogP) is 0.611. The van der Waals surface area contributed by atoms with Crippen LogP contribution in [0.1, 0.15) is 12.1 Å². The van der Waals surface area contributed by atoms with Crippen molar-refractivity contribution >= 4 is 0 Å². The maximum absolute atomic E-state index is 5.37. The highest BCUT2D eigenvalue weighted by molar-refractivity contribution is 5.11. The molecular formula is C10H17N3O2. The summed E-state index contributed by atoms with van der Waals surface area (Å²) in [5, 5.41) is 10.9. The maximum atomic E-state index is 5.37. The van der Waals surface area contributed by atoms with E-state index in [0.717, 1.165) is 18.7 Å². The van der Waals surface area contributed by atoms with Gasteiger partial charge in [-0.05, 0) is 13.1 Å². The Morgan fingerprint density at radius 1 is 1.27 bits per heavy atom. The number of hydrogen-bond donors (Lipinski definition) is 1. The first kappa shape index (κ1) is 11.9. The molecule has 1 N–H and O–H groups in total. The van der Waals surface area contributed by atoms with Gasteiger partial charge in [0.1, 0.15) is 0 Å². The van der Waals surface area contributed by atoms with Crippen molar-refractivity contribution in [3.63, 3.8) is 0 Å². The Bertz CT molecular complexity index is 264. The first-order valence-corrected chi connectivity index (χ1v) is 4.95. The van der Waals surface area contributed by atoms with Crippen molar-refractivity contribution in [3.8, 4) is 5.88 Å². The summed E-state index contributed by atoms with van der Waals surface area (Å²) >= 11 is 0. The van der Waals surface area contributed by atoms with Crippen LogP contribution in [0.4, 0.5) is 0 Å². The van der Waals surface area contributed by atoms with Crippen molar-refractivity contribution in [2.45, 2.75) is 13.0 Å². The molecule has 0 atom stereocenters. The molecule has 1 aromatic heterocycles. The molecule has 15 heavy (non-hydrogen) atoms. The van der Waals surface area contributed by atoms with Crippen LogP contribution in [0.25, 0.3) is 0 Å². The molecule has 0 unspecified atom stereocenters. The second-order valence-corrected chi connectivity index (χ2v) is 3.09. The van der Waals surface area contributed by atoms with Gasteiger partial charge in [-0.2, -0.15) is 5.10 Å². The first-order chi connectivity index (χ1) is 7.36. The lowest BCUT2D eigenvalue weighted by Crippen LogP contribution is -2.08. The van der Waals surface area contributed by atoms with E-state index in [1.165, 1.54) is 0 Å². The van der Waals surface area contributed by atoms with Gasteiger partial charge in [0.25, 0.3) is 0 Å². The number of nitrogens with one attached hydrogen (secondary N) is 1. The number of rotatable bonds is 7. The number of aromatic nitrogens is 2. The molecule has 1 heterocycles. The van der Waals surface area contributed by atoms with Crippen LogP contribution in [0.15, 0.2) is 12.1 Å². The maximum Gasteiger partial charge on any atom is 0.233 e. The Hall–Kier alpha value is -1.20. The van der Waals surface area contributed by atoms with E-state index in [2.05, 4.69) is 15.5 Å². The lowest BCUT2D eigenvalue weighted by atomic mass is 10.4. The first-order valence-electron chi connectivity index (χ1n) is 4.95. The smallest absolute Gasteiger partial charge is 0.233 e. The van der Waals surface area contributed by atoms with E-state index in [1.807, 2.05) is 19.2 Å². The molecule has 5 nitrogen and oxygen atoms in total. The fourth-order valence-electron chi connectivity index (χ4n) is 1.08. The zero-order valence-electron chi connectivity index (χ0n) is 9.19. The molecule has 0 aliphatic carbocycles. The molecule has 0 spiro atoms. The van der Waals surface area contributed by atoms with Gasteiger partial charge in [-0.3, -0.25) is 0 Å². The highest BCUT2D eigenvalue weighted by Gasteiger charge is 1.97. The fourth-order valence-corrected chi connectivity index (χ4v) is 1.08. The number of nitrogens with zero attached hydrogens (tertiary/aromatic N) is 2. The SMILES string of the molecule is CNCc1ccc(OCCCOC)nn1. The van der Waals surface area contributed by atoms with E-state index < -0.39 is 0 Å². The third kappa shape index (κ3) is 4.71. The van der Waals surface area contributed by atoms with Crippen molar-refractivity contribution in [2.75, 3.05) is 27.4 Å². The number of hydrogen-bond acceptors (Lipinski definition) is 5. The van der Waals surface area contributed by atoms with Gasteiger partial charge >= 0.3 is 0 Å². The summed E-state index contributed by atoms with van der Waals surface area (Å²) < 4.78 is 10.3. The third-order valence-corrected chi connectivity index (χ3v) is 1.80. The second-order valence-electron chi connectivity index (χ2n) is 3.09. The van der Waals surface area contributed by atoms with Crippen molar-refractivity contribution in [1.82, 2.24) is 15.5 Å². The minimum atomic E-state index is 0.561. The fraction of sp³-hybridized carbons (Fsp3) is 0.600. The van der Waals surface area contributed by atoms with Gasteiger partial charge in [-0.1, -0.05) is 0 Å². The van der Waals surface area contributed by atoms with Crippen molar-refractivity contribution < 1.29 is 9.47 Å². The standard InChI is InChI=1S/C10H17N3O2/c1-11-8-9-4-5-10(13-12-9)15-7-3-6-14-2/h4-5,11H,3,6-8H2,1-2H3. The van der Waals surface area contributed by atoms with Crippen LogP contribution in [-0.4, -0.2) is 37.6 Å². The molecular weight excluding hydrogens is 194 g/mol. The molecule has 5 heteroatoms. The Morgan fingerprint density at radius 2 is 2.13 bits per heavy atom. The highest BCUT2D eigenvalue weighted by atomic mass is 16.5. The molecule has 0 bridgehead atoms. The molecule has 84 valence electrons. The molecule has 0 aliphatic heterocycles. The summed E-state index contributed by atoms with van der Waals surface area (Å²) in [6.07, 6.45) is 0.858. The summed E-state index contributed by atoms with van der Waals surface area (Å²) in [6.45, 7) is 2.02. The Balaban J connectivity index is 2.29. The van der Waals surface area contributed by atoms with Crippen LogP contribution >= 0.6 is 0 Å². The van der Waals surface area contributed by atoms with Crippen molar-refractivity contribution in [1.29, 1.82) is 0 Å². The van der Waals surface area contributed by atoms with Crippen molar-refractivity contribution in [3.05, 3.63) is 17.8 Å². The monoisotopic (exact) mass is 211 g/mol. The van der Waals surface area contributed by atoms with E-state index in [4.69, 9.17) is 9.47 Å². The van der Waals surface area contributed by atoms with Gasteiger partial charge in [0.15, 0.2) is 0 Å². The Labute approximate surface area is 89.8 Å². The van der Waals surface area contributed by atoms with E-state index in [-0.39, 0.29) is 0 Å². The van der Waals surface area contributed by atoms with Gasteiger partial charge < -0.3 is 14.8 Å².